The van der Waals surface area contributed by atoms with Gasteiger partial charge in [0, 0.05) is 0 Å². The molecule has 4 nitrogen and oxygen atoms in total. The molecule has 0 aliphatic heterocycles. The van der Waals surface area contributed by atoms with Gasteiger partial charge in [0.15, 0.2) is 0 Å². The maximum absolute atomic E-state index is 14.1. The molecule has 0 bridgehead atoms. The number of nitrogens with zero attached hydrogens (tertiary/aromatic N) is 1. The average Bonchev–Trinajstić information content (AvgIpc) is 2.56. The Morgan fingerprint density at radius 1 is 0.405 bits per heavy atom. The highest BCUT2D eigenvalue weighted by Gasteiger charge is 2.92. The van der Waals surface area contributed by atoms with Gasteiger partial charge in [-0.25, -0.2) is 0 Å². The summed E-state index contributed by atoms with van der Waals surface area (Å²) in [7, 11) is -10.9. The molecule has 0 saturated heterocycles. The van der Waals surface area contributed by atoms with Gasteiger partial charge in [-0.3, -0.25) is 0 Å². The molecule has 1 atom stereocenters. The molecule has 1 unspecified atom stereocenters. The van der Waals surface area contributed by atoms with Crippen molar-refractivity contribution >= 4 is 8.80 Å². The van der Waals surface area contributed by atoms with Crippen molar-refractivity contribution < 1.29 is 114 Å². The zero-order chi connectivity index (χ0) is 30.7. The fourth-order valence-electron chi connectivity index (χ4n) is 1.44. The molecule has 0 aliphatic carbocycles. The van der Waals surface area contributed by atoms with Crippen molar-refractivity contribution in [3.05, 3.63) is 0 Å². The lowest BCUT2D eigenvalue weighted by atomic mass is 10.3. The number of halogens is 23. The second kappa shape index (κ2) is 9.28. The highest BCUT2D eigenvalue weighted by atomic mass is 28.4. The third kappa shape index (κ3) is 6.21. The maximum atomic E-state index is 14.1. The Kier molecular flexibility index (Phi) is 8.89. The van der Waals surface area contributed by atoms with E-state index in [2.05, 4.69) is 0 Å². The van der Waals surface area contributed by atoms with Gasteiger partial charge in [-0.05, 0) is 0 Å². The number of hydrogen-bond donors (Lipinski definition) is 0. The second-order valence-corrected chi connectivity index (χ2v) is 8.18. The minimum atomic E-state index is -10.9. The van der Waals surface area contributed by atoms with Crippen LogP contribution in [-0.4, -0.2) is 68.5 Å². The molecular formula is C9F23NO3Si. The molecule has 0 fully saturated rings. The second-order valence-electron chi connectivity index (χ2n) is 5.83. The summed E-state index contributed by atoms with van der Waals surface area (Å²) in [6, 6.07) is 0. The summed E-state index contributed by atoms with van der Waals surface area (Å²) in [6.45, 7) is 0. The van der Waals surface area contributed by atoms with E-state index in [0.29, 0.717) is 0 Å². The van der Waals surface area contributed by atoms with Gasteiger partial charge < -0.3 is 13.3 Å². The van der Waals surface area contributed by atoms with E-state index in [1.54, 1.807) is 0 Å². The van der Waals surface area contributed by atoms with Crippen molar-refractivity contribution in [2.45, 2.75) is 54.4 Å². The zero-order valence-corrected chi connectivity index (χ0v) is 16.4. The topological polar surface area (TPSA) is 30.9 Å². The average molecular weight is 635 g/mol. The van der Waals surface area contributed by atoms with Crippen LogP contribution in [-0.2, 0) is 13.3 Å². The van der Waals surface area contributed by atoms with Crippen molar-refractivity contribution in [2.75, 3.05) is 0 Å². The quantitative estimate of drug-likeness (QED) is 0.0907. The van der Waals surface area contributed by atoms with Crippen LogP contribution in [0.3, 0.4) is 0 Å². The monoisotopic (exact) mass is 635 g/mol. The Bertz CT molecular complexity index is 767. The van der Waals surface area contributed by atoms with Gasteiger partial charge >= 0.3 is 63.2 Å². The van der Waals surface area contributed by atoms with Gasteiger partial charge in [0.2, 0.25) is 0 Å². The van der Waals surface area contributed by atoms with E-state index in [1.807, 2.05) is 0 Å². The van der Waals surface area contributed by atoms with Gasteiger partial charge in [0.1, 0.15) is 0 Å². The van der Waals surface area contributed by atoms with Crippen molar-refractivity contribution in [1.82, 2.24) is 5.34 Å². The summed E-state index contributed by atoms with van der Waals surface area (Å²) in [5.41, 5.74) is -8.94. The van der Waals surface area contributed by atoms with Crippen LogP contribution < -0.4 is 0 Å². The first-order valence-corrected chi connectivity index (χ1v) is 8.98. The van der Waals surface area contributed by atoms with Crippen LogP contribution in [0.2, 0.25) is 0 Å². The fourth-order valence-corrected chi connectivity index (χ4v) is 3.93. The maximum Gasteiger partial charge on any atom is 0.595 e. The van der Waals surface area contributed by atoms with Crippen LogP contribution >= 0.6 is 0 Å². The minimum absolute atomic E-state index is 1.33. The van der Waals surface area contributed by atoms with Gasteiger partial charge in [-0.2, -0.15) is 92.2 Å². The van der Waals surface area contributed by atoms with Crippen molar-refractivity contribution in [2.24, 2.45) is 0 Å². The Morgan fingerprint density at radius 3 is 0.892 bits per heavy atom. The van der Waals surface area contributed by atoms with E-state index >= 15 is 0 Å². The third-order valence-electron chi connectivity index (χ3n) is 3.16. The van der Waals surface area contributed by atoms with Crippen molar-refractivity contribution in [3.8, 4) is 0 Å². The molecule has 0 aromatic rings. The van der Waals surface area contributed by atoms with Gasteiger partial charge in [-0.15, -0.1) is 0 Å². The first-order chi connectivity index (χ1) is 15.6. The number of hydrogen-bond acceptors (Lipinski definition) is 4. The minimum Gasteiger partial charge on any atom is -0.312 e. The van der Waals surface area contributed by atoms with E-state index in [1.165, 1.54) is 13.3 Å². The summed E-state index contributed by atoms with van der Waals surface area (Å²) in [4.78, 5) is 0. The molecule has 0 saturated carbocycles. The Balaban J connectivity index is 8.01. The van der Waals surface area contributed by atoms with Gasteiger partial charge in [0.25, 0.3) is 0 Å². The molecule has 37 heavy (non-hydrogen) atoms. The zero-order valence-electron chi connectivity index (χ0n) is 15.4. The molecule has 0 aromatic carbocycles. The smallest absolute Gasteiger partial charge is 0.312 e. The molecule has 224 valence electrons. The normalized spacial score (nSPS) is 17.8. The van der Waals surface area contributed by atoms with E-state index < -0.39 is 68.5 Å². The van der Waals surface area contributed by atoms with E-state index in [0.717, 1.165) is 0 Å². The lowest BCUT2D eigenvalue weighted by Crippen LogP contribution is -2.78. The SMILES string of the molecule is FN(F)C(F)(O[Si](OC(F)(F)C(F)(F)F)(OC(F)(F)C(F)(F)F)C(F)(F)C(F)(F)C(F)(F)F)C(F)(F)F. The molecule has 0 N–H and O–H groups in total. The highest BCUT2D eigenvalue weighted by molar-refractivity contribution is 6.64. The lowest BCUT2D eigenvalue weighted by molar-refractivity contribution is -0.474. The fraction of sp³-hybridized carbons (Fsp3) is 1.00. The van der Waals surface area contributed by atoms with Gasteiger partial charge in [-0.1, -0.05) is 8.96 Å². The Morgan fingerprint density at radius 2 is 0.703 bits per heavy atom. The first kappa shape index (κ1) is 35.4. The molecule has 0 spiro atoms. The number of rotatable bonds is 9. The predicted molar refractivity (Wildman–Crippen MR) is 60.9 cm³/mol. The predicted octanol–water partition coefficient (Wildman–Crippen LogP) is 6.91. The van der Waals surface area contributed by atoms with Crippen LogP contribution in [0.4, 0.5) is 101 Å². The summed E-state index contributed by atoms with van der Waals surface area (Å²) < 4.78 is 298. The standard InChI is InChI=1S/C9F23NO3Si/c10-1(11,2(12,13)14)8(28,29)37(34-6(24,25)3(15,16)17,35-7(26,27)4(18,19)20)36-9(30,33(31)32)5(21,22)23. The summed E-state index contributed by atoms with van der Waals surface area (Å²) in [5.74, 6) is -16.8. The van der Waals surface area contributed by atoms with Crippen molar-refractivity contribution in [3.63, 3.8) is 0 Å². The molecule has 0 rings (SSSR count). The first-order valence-electron chi connectivity index (χ1n) is 7.26. The van der Waals surface area contributed by atoms with E-state index in [4.69, 9.17) is 0 Å². The molecular weight excluding hydrogens is 635 g/mol. The summed E-state index contributed by atoms with van der Waals surface area (Å²) >= 11 is 0. The highest BCUT2D eigenvalue weighted by Crippen LogP contribution is 2.57. The number of alkyl halides is 21. The lowest BCUT2D eigenvalue weighted by Gasteiger charge is -2.44. The van der Waals surface area contributed by atoms with Gasteiger partial charge in [0.05, 0.1) is 5.34 Å². The Labute approximate surface area is 184 Å². The summed E-state index contributed by atoms with van der Waals surface area (Å²) in [6.07, 6.45) is -48.5. The van der Waals surface area contributed by atoms with E-state index in [-0.39, 0.29) is 0 Å². The van der Waals surface area contributed by atoms with Crippen LogP contribution in [0.25, 0.3) is 0 Å². The largest absolute Gasteiger partial charge is 0.595 e. The Hall–Kier alpha value is -1.55. The van der Waals surface area contributed by atoms with Crippen LogP contribution in [0.15, 0.2) is 0 Å². The molecule has 0 heterocycles. The molecule has 0 aliphatic rings. The van der Waals surface area contributed by atoms with Crippen LogP contribution in [0.5, 0.6) is 0 Å². The molecule has 0 aromatic heterocycles. The molecule has 28 heteroatoms. The third-order valence-corrected chi connectivity index (χ3v) is 5.83. The van der Waals surface area contributed by atoms with E-state index in [9.17, 15) is 101 Å². The van der Waals surface area contributed by atoms with Crippen LogP contribution in [0, 0.1) is 0 Å². The molecule has 0 radical (unpaired) electrons. The van der Waals surface area contributed by atoms with Crippen molar-refractivity contribution in [1.29, 1.82) is 0 Å². The molecule has 0 amide bonds. The van der Waals surface area contributed by atoms with Crippen LogP contribution in [0.1, 0.15) is 0 Å². The summed E-state index contributed by atoms with van der Waals surface area (Å²) in [5, 5.41) is -4.50.